The number of benzene rings is 2. The van der Waals surface area contributed by atoms with Crippen LogP contribution in [0.2, 0.25) is 0 Å². The Morgan fingerprint density at radius 1 is 1.22 bits per heavy atom. The summed E-state index contributed by atoms with van der Waals surface area (Å²) in [7, 11) is 1.65. The minimum Gasteiger partial charge on any atom is -0.486 e. The number of ether oxygens (including phenoxy) is 1. The van der Waals surface area contributed by atoms with Gasteiger partial charge in [0.15, 0.2) is 17.5 Å². The van der Waals surface area contributed by atoms with Gasteiger partial charge in [0, 0.05) is 19.2 Å². The highest BCUT2D eigenvalue weighted by atomic mass is 127. The highest BCUT2D eigenvalue weighted by Crippen LogP contribution is 2.16. The normalized spacial score (nSPS) is 11.9. The largest absolute Gasteiger partial charge is 0.486 e. The van der Waals surface area contributed by atoms with Gasteiger partial charge in [-0.2, -0.15) is 0 Å². The predicted molar refractivity (Wildman–Crippen MR) is 115 cm³/mol. The van der Waals surface area contributed by atoms with Gasteiger partial charge in [-0.25, -0.2) is 4.39 Å². The van der Waals surface area contributed by atoms with Crippen molar-refractivity contribution >= 4 is 35.8 Å². The molecule has 0 spiro atoms. The summed E-state index contributed by atoms with van der Waals surface area (Å²) in [4.78, 5) is 15.4. The molecule has 0 aliphatic carbocycles. The number of guanidine groups is 1. The Morgan fingerprint density at radius 2 is 1.96 bits per heavy atom. The van der Waals surface area contributed by atoms with Crippen molar-refractivity contribution in [1.82, 2.24) is 10.6 Å². The van der Waals surface area contributed by atoms with E-state index in [2.05, 4.69) is 15.6 Å². The molecular formula is C19H24FIN4O2. The predicted octanol–water partition coefficient (Wildman–Crippen LogP) is 2.68. The molecule has 2 aromatic carbocycles. The third-order valence-corrected chi connectivity index (χ3v) is 3.62. The van der Waals surface area contributed by atoms with Crippen molar-refractivity contribution in [3.8, 4) is 5.75 Å². The molecule has 0 radical (unpaired) electrons. The Kier molecular flexibility index (Phi) is 9.55. The zero-order chi connectivity index (χ0) is 18.9. The molecule has 0 saturated carbocycles. The molecule has 2 aromatic rings. The van der Waals surface area contributed by atoms with Crippen molar-refractivity contribution < 1.29 is 13.9 Å². The van der Waals surface area contributed by atoms with E-state index in [1.54, 1.807) is 43.4 Å². The van der Waals surface area contributed by atoms with Crippen molar-refractivity contribution in [2.24, 2.45) is 10.7 Å². The van der Waals surface area contributed by atoms with E-state index in [9.17, 15) is 9.18 Å². The van der Waals surface area contributed by atoms with E-state index in [1.165, 1.54) is 6.07 Å². The van der Waals surface area contributed by atoms with Crippen LogP contribution in [0.3, 0.4) is 0 Å². The number of amides is 1. The maximum absolute atomic E-state index is 13.6. The van der Waals surface area contributed by atoms with Crippen molar-refractivity contribution in [2.75, 3.05) is 13.6 Å². The SMILES string of the molecule is CN=C(NCc1cccc(C(N)=O)c1)NCC(C)Oc1ccccc1F.I. The first-order valence-electron chi connectivity index (χ1n) is 8.24. The maximum atomic E-state index is 13.6. The number of hydrogen-bond donors (Lipinski definition) is 3. The fourth-order valence-corrected chi connectivity index (χ4v) is 2.28. The van der Waals surface area contributed by atoms with Crippen LogP contribution in [-0.2, 0) is 6.54 Å². The number of halogens is 2. The van der Waals surface area contributed by atoms with Gasteiger partial charge in [0.25, 0.3) is 0 Å². The molecule has 0 fully saturated rings. The summed E-state index contributed by atoms with van der Waals surface area (Å²) in [6, 6.07) is 13.3. The molecule has 0 bridgehead atoms. The van der Waals surface area contributed by atoms with E-state index < -0.39 is 11.7 Å². The van der Waals surface area contributed by atoms with Crippen molar-refractivity contribution in [3.05, 3.63) is 65.5 Å². The van der Waals surface area contributed by atoms with Gasteiger partial charge in [0.2, 0.25) is 5.91 Å². The lowest BCUT2D eigenvalue weighted by Crippen LogP contribution is -2.41. The van der Waals surface area contributed by atoms with Crippen LogP contribution in [0.1, 0.15) is 22.8 Å². The van der Waals surface area contributed by atoms with E-state index in [4.69, 9.17) is 10.5 Å². The summed E-state index contributed by atoms with van der Waals surface area (Å²) in [5.74, 6) is -0.0730. The molecule has 4 N–H and O–H groups in total. The lowest BCUT2D eigenvalue weighted by molar-refractivity contribution is 0.1000. The summed E-state index contributed by atoms with van der Waals surface area (Å²) in [6.45, 7) is 2.75. The highest BCUT2D eigenvalue weighted by Gasteiger charge is 2.09. The summed E-state index contributed by atoms with van der Waals surface area (Å²) in [5, 5.41) is 6.26. The first kappa shape index (κ1) is 22.7. The second kappa shape index (κ2) is 11.4. The third-order valence-electron chi connectivity index (χ3n) is 3.62. The number of nitrogens with one attached hydrogen (secondary N) is 2. The van der Waals surface area contributed by atoms with Crippen LogP contribution in [0.4, 0.5) is 4.39 Å². The molecule has 8 heteroatoms. The van der Waals surface area contributed by atoms with Gasteiger partial charge < -0.3 is 21.1 Å². The second-order valence-electron chi connectivity index (χ2n) is 5.73. The van der Waals surface area contributed by atoms with E-state index in [-0.39, 0.29) is 35.8 Å². The lowest BCUT2D eigenvalue weighted by Gasteiger charge is -2.18. The molecule has 0 heterocycles. The Bertz CT molecular complexity index is 786. The number of rotatable bonds is 7. The van der Waals surface area contributed by atoms with Gasteiger partial charge >= 0.3 is 0 Å². The molecule has 1 atom stereocenters. The Morgan fingerprint density at radius 3 is 2.63 bits per heavy atom. The molecule has 1 unspecified atom stereocenters. The van der Waals surface area contributed by atoms with Crippen LogP contribution < -0.4 is 21.1 Å². The van der Waals surface area contributed by atoms with Crippen molar-refractivity contribution in [2.45, 2.75) is 19.6 Å². The van der Waals surface area contributed by atoms with Gasteiger partial charge in [0.05, 0.1) is 6.54 Å². The summed E-state index contributed by atoms with van der Waals surface area (Å²) in [6.07, 6.45) is -0.261. The molecule has 0 aromatic heterocycles. The number of primary amides is 1. The number of carbonyl (C=O) groups is 1. The zero-order valence-corrected chi connectivity index (χ0v) is 17.6. The van der Waals surface area contributed by atoms with Crippen LogP contribution in [0.25, 0.3) is 0 Å². The summed E-state index contributed by atoms with van der Waals surface area (Å²) in [5.41, 5.74) is 6.64. The number of para-hydroxylation sites is 1. The standard InChI is InChI=1S/C19H23FN4O2.HI/c1-13(26-17-9-4-3-8-16(17)20)11-23-19(22-2)24-12-14-6-5-7-15(10-14)18(21)25;/h3-10,13H,11-12H2,1-2H3,(H2,21,25)(H2,22,23,24);1H. The molecule has 0 aliphatic rings. The summed E-state index contributed by atoms with van der Waals surface area (Å²) >= 11 is 0. The van der Waals surface area contributed by atoms with Gasteiger partial charge in [-0.3, -0.25) is 9.79 Å². The molecule has 0 aliphatic heterocycles. The average Bonchev–Trinajstić information content (AvgIpc) is 2.64. The summed E-state index contributed by atoms with van der Waals surface area (Å²) < 4.78 is 19.2. The molecule has 146 valence electrons. The monoisotopic (exact) mass is 486 g/mol. The molecule has 27 heavy (non-hydrogen) atoms. The van der Waals surface area contributed by atoms with Gasteiger partial charge in [-0.05, 0) is 36.8 Å². The van der Waals surface area contributed by atoms with E-state index in [1.807, 2.05) is 13.0 Å². The quantitative estimate of drug-likeness (QED) is 0.319. The van der Waals surface area contributed by atoms with Crippen LogP contribution in [0.5, 0.6) is 5.75 Å². The van der Waals surface area contributed by atoms with E-state index in [0.717, 1.165) is 5.56 Å². The van der Waals surface area contributed by atoms with Crippen LogP contribution in [0.15, 0.2) is 53.5 Å². The molecule has 2 rings (SSSR count). The number of nitrogens with two attached hydrogens (primary N) is 1. The second-order valence-corrected chi connectivity index (χ2v) is 5.73. The fourth-order valence-electron chi connectivity index (χ4n) is 2.28. The topological polar surface area (TPSA) is 88.7 Å². The van der Waals surface area contributed by atoms with Gasteiger partial charge in [-0.1, -0.05) is 24.3 Å². The van der Waals surface area contributed by atoms with Crippen molar-refractivity contribution in [1.29, 1.82) is 0 Å². The molecule has 1 amide bonds. The van der Waals surface area contributed by atoms with Gasteiger partial charge in [-0.15, -0.1) is 24.0 Å². The van der Waals surface area contributed by atoms with E-state index >= 15 is 0 Å². The first-order chi connectivity index (χ1) is 12.5. The number of hydrogen-bond acceptors (Lipinski definition) is 3. The Labute approximate surface area is 175 Å². The fraction of sp³-hybridized carbons (Fsp3) is 0.263. The molecule has 6 nitrogen and oxygen atoms in total. The van der Waals surface area contributed by atoms with Crippen LogP contribution in [-0.4, -0.2) is 31.6 Å². The highest BCUT2D eigenvalue weighted by molar-refractivity contribution is 14.0. The number of nitrogens with zero attached hydrogens (tertiary/aromatic N) is 1. The first-order valence-corrected chi connectivity index (χ1v) is 8.24. The van der Waals surface area contributed by atoms with E-state index in [0.29, 0.717) is 24.6 Å². The minimum atomic E-state index is -0.464. The number of aliphatic imine (C=N–C) groups is 1. The van der Waals surface area contributed by atoms with Crippen LogP contribution in [0, 0.1) is 5.82 Å². The number of carbonyl (C=O) groups excluding carboxylic acids is 1. The lowest BCUT2D eigenvalue weighted by atomic mass is 10.1. The van der Waals surface area contributed by atoms with Gasteiger partial charge in [0.1, 0.15) is 6.10 Å². The van der Waals surface area contributed by atoms with Crippen LogP contribution >= 0.6 is 24.0 Å². The average molecular weight is 486 g/mol. The minimum absolute atomic E-state index is 0. The third kappa shape index (κ3) is 7.41. The van der Waals surface area contributed by atoms with Crippen molar-refractivity contribution in [3.63, 3.8) is 0 Å². The Balaban J connectivity index is 0.00000364. The Hall–Kier alpha value is -2.36. The molecule has 0 saturated heterocycles. The maximum Gasteiger partial charge on any atom is 0.248 e. The zero-order valence-electron chi connectivity index (χ0n) is 15.2. The molecular weight excluding hydrogens is 462 g/mol. The smallest absolute Gasteiger partial charge is 0.248 e.